The van der Waals surface area contributed by atoms with Crippen LogP contribution in [0.15, 0.2) is 41.2 Å². The molecule has 2 aliphatic carbocycles. The van der Waals surface area contributed by atoms with Crippen molar-refractivity contribution in [2.45, 2.75) is 76.5 Å². The van der Waals surface area contributed by atoms with Crippen LogP contribution in [0.3, 0.4) is 0 Å². The summed E-state index contributed by atoms with van der Waals surface area (Å²) in [6.07, 6.45) is 8.94. The van der Waals surface area contributed by atoms with Crippen LogP contribution in [0.25, 0.3) is 0 Å². The Kier molecular flexibility index (Phi) is 7.32. The molecule has 7 nitrogen and oxygen atoms in total. The molecule has 7 heteroatoms. The summed E-state index contributed by atoms with van der Waals surface area (Å²) in [4.78, 5) is 46.2. The molecule has 1 saturated carbocycles. The third-order valence-corrected chi connectivity index (χ3v) is 7.67. The summed E-state index contributed by atoms with van der Waals surface area (Å²) in [5.41, 5.74) is 2.80. The van der Waals surface area contributed by atoms with Crippen molar-refractivity contribution in [1.82, 2.24) is 14.8 Å². The number of pyridine rings is 1. The Morgan fingerprint density at radius 2 is 1.74 bits per heavy atom. The molecule has 0 bridgehead atoms. The zero-order valence-corrected chi connectivity index (χ0v) is 20.3. The first-order chi connectivity index (χ1) is 17.1. The number of carbonyl (C=O) groups is 2. The zero-order chi connectivity index (χ0) is 24.2. The van der Waals surface area contributed by atoms with Crippen LogP contribution in [0.4, 0.5) is 0 Å². The highest BCUT2D eigenvalue weighted by Gasteiger charge is 2.36. The minimum atomic E-state index is -0.383. The maximum atomic E-state index is 13.6. The largest absolute Gasteiger partial charge is 0.370 e. The molecule has 1 aromatic heterocycles. The van der Waals surface area contributed by atoms with Gasteiger partial charge in [0.2, 0.25) is 5.91 Å². The number of fused-ring (bicyclic) bond motifs is 1. The minimum Gasteiger partial charge on any atom is -0.370 e. The van der Waals surface area contributed by atoms with Crippen molar-refractivity contribution in [1.29, 1.82) is 0 Å². The first-order valence-corrected chi connectivity index (χ1v) is 13.1. The first-order valence-electron chi connectivity index (χ1n) is 13.1. The minimum absolute atomic E-state index is 0.0168. The van der Waals surface area contributed by atoms with Gasteiger partial charge in [0.25, 0.3) is 11.5 Å². The average molecular weight is 478 g/mol. The van der Waals surface area contributed by atoms with Crippen molar-refractivity contribution >= 4 is 11.8 Å². The normalized spacial score (nSPS) is 21.5. The fraction of sp³-hybridized carbons (Fsp3) is 0.536. The van der Waals surface area contributed by atoms with Gasteiger partial charge in [0.05, 0.1) is 12.7 Å². The van der Waals surface area contributed by atoms with Gasteiger partial charge in [-0.05, 0) is 55.7 Å². The van der Waals surface area contributed by atoms with Gasteiger partial charge in [-0.15, -0.1) is 0 Å². The van der Waals surface area contributed by atoms with Crippen LogP contribution in [0.2, 0.25) is 0 Å². The number of nitrogens with one attached hydrogen (secondary N) is 1. The maximum Gasteiger partial charge on any atom is 0.261 e. The van der Waals surface area contributed by atoms with Gasteiger partial charge in [-0.1, -0.05) is 49.6 Å². The van der Waals surface area contributed by atoms with E-state index in [1.165, 1.54) is 11.3 Å². The van der Waals surface area contributed by atoms with Gasteiger partial charge < -0.3 is 19.5 Å². The first kappa shape index (κ1) is 23.8. The molecule has 1 N–H and O–H groups in total. The predicted octanol–water partition coefficient (Wildman–Crippen LogP) is 3.46. The highest BCUT2D eigenvalue weighted by atomic mass is 16.5. The molecule has 1 atom stereocenters. The Hall–Kier alpha value is -2.93. The maximum absolute atomic E-state index is 13.6. The highest BCUT2D eigenvalue weighted by Crippen LogP contribution is 2.26. The van der Waals surface area contributed by atoms with Crippen LogP contribution in [0, 0.1) is 0 Å². The number of hydrogen-bond donors (Lipinski definition) is 1. The summed E-state index contributed by atoms with van der Waals surface area (Å²) in [5, 5.41) is 0. The van der Waals surface area contributed by atoms with Gasteiger partial charge in [-0.2, -0.15) is 0 Å². The van der Waals surface area contributed by atoms with E-state index < -0.39 is 0 Å². The third kappa shape index (κ3) is 5.50. The molecule has 2 heterocycles. The lowest BCUT2D eigenvalue weighted by atomic mass is 9.94. The summed E-state index contributed by atoms with van der Waals surface area (Å²) in [5.74, 6) is -0.433. The standard InChI is InChI=1S/C28H35N3O4/c32-26-18-30(28(34)24-15-21-11-7-8-14-25(21)29-27(24)33)16-23(35-19-20-9-3-1-4-10-20)17-31(26)22-12-5-2-6-13-22/h1,3-4,9-10,15,22-23H,2,5-8,11-14,16-19H2,(H,29,33). The molecule has 0 spiro atoms. The van der Waals surface area contributed by atoms with Crippen LogP contribution in [-0.4, -0.2) is 58.4 Å². The van der Waals surface area contributed by atoms with Gasteiger partial charge in [-0.3, -0.25) is 14.4 Å². The molecule has 2 amide bonds. The number of aromatic nitrogens is 1. The Bertz CT molecular complexity index is 1110. The van der Waals surface area contributed by atoms with E-state index in [0.29, 0.717) is 13.2 Å². The number of carbonyl (C=O) groups excluding carboxylic acids is 2. The summed E-state index contributed by atoms with van der Waals surface area (Å²) < 4.78 is 6.28. The lowest BCUT2D eigenvalue weighted by molar-refractivity contribution is -0.134. The molecule has 5 rings (SSSR count). The van der Waals surface area contributed by atoms with Crippen LogP contribution in [0.5, 0.6) is 0 Å². The zero-order valence-electron chi connectivity index (χ0n) is 20.3. The number of aryl methyl sites for hydroxylation is 2. The molecule has 2 fully saturated rings. The molecule has 3 aliphatic rings. The van der Waals surface area contributed by atoms with Crippen LogP contribution >= 0.6 is 0 Å². The Labute approximate surface area is 206 Å². The number of nitrogens with zero attached hydrogens (tertiary/aromatic N) is 2. The van der Waals surface area contributed by atoms with E-state index in [9.17, 15) is 14.4 Å². The molecular formula is C28H35N3O4. The summed E-state index contributed by atoms with van der Waals surface area (Å²) in [6, 6.07) is 11.9. The van der Waals surface area contributed by atoms with Crippen LogP contribution in [-0.2, 0) is 29.0 Å². The van der Waals surface area contributed by atoms with E-state index >= 15 is 0 Å². The second kappa shape index (κ2) is 10.8. The predicted molar refractivity (Wildman–Crippen MR) is 133 cm³/mol. The molecule has 1 saturated heterocycles. The van der Waals surface area contributed by atoms with Gasteiger partial charge in [0, 0.05) is 24.8 Å². The fourth-order valence-corrected chi connectivity index (χ4v) is 5.74. The molecule has 186 valence electrons. The third-order valence-electron chi connectivity index (χ3n) is 7.67. The van der Waals surface area contributed by atoms with E-state index in [1.54, 1.807) is 6.07 Å². The van der Waals surface area contributed by atoms with Crippen molar-refractivity contribution in [3.05, 3.63) is 69.1 Å². The Balaban J connectivity index is 1.39. The van der Waals surface area contributed by atoms with E-state index in [0.717, 1.165) is 68.2 Å². The number of ether oxygens (including phenoxy) is 1. The van der Waals surface area contributed by atoms with Gasteiger partial charge in [0.15, 0.2) is 0 Å². The second-order valence-electron chi connectivity index (χ2n) is 10.2. The number of aromatic amines is 1. The molecule has 0 radical (unpaired) electrons. The summed E-state index contributed by atoms with van der Waals surface area (Å²) in [6.45, 7) is 1.16. The van der Waals surface area contributed by atoms with Crippen molar-refractivity contribution in [3.63, 3.8) is 0 Å². The van der Waals surface area contributed by atoms with Gasteiger partial charge >= 0.3 is 0 Å². The van der Waals surface area contributed by atoms with Crippen LogP contribution < -0.4 is 5.56 Å². The average Bonchev–Trinajstić information content (AvgIpc) is 3.06. The van der Waals surface area contributed by atoms with Crippen molar-refractivity contribution in [2.75, 3.05) is 19.6 Å². The molecule has 1 aromatic carbocycles. The summed E-state index contributed by atoms with van der Waals surface area (Å²) >= 11 is 0. The topological polar surface area (TPSA) is 82.7 Å². The van der Waals surface area contributed by atoms with E-state index in [2.05, 4.69) is 4.98 Å². The van der Waals surface area contributed by atoms with Crippen molar-refractivity contribution < 1.29 is 14.3 Å². The second-order valence-corrected chi connectivity index (χ2v) is 10.2. The lowest BCUT2D eigenvalue weighted by Gasteiger charge is -2.34. The summed E-state index contributed by atoms with van der Waals surface area (Å²) in [7, 11) is 0. The molecule has 35 heavy (non-hydrogen) atoms. The number of H-pyrrole nitrogens is 1. The van der Waals surface area contributed by atoms with E-state index in [1.807, 2.05) is 35.2 Å². The molecular weight excluding hydrogens is 442 g/mol. The number of benzene rings is 1. The number of hydrogen-bond acceptors (Lipinski definition) is 4. The highest BCUT2D eigenvalue weighted by molar-refractivity contribution is 5.96. The monoisotopic (exact) mass is 477 g/mol. The fourth-order valence-electron chi connectivity index (χ4n) is 5.74. The SMILES string of the molecule is O=C(c1cc2c([nH]c1=O)CCCC2)N1CC(=O)N(C2CCCCC2)CC(OCc2ccccc2)C1. The van der Waals surface area contributed by atoms with E-state index in [-0.39, 0.29) is 48.2 Å². The Morgan fingerprint density at radius 1 is 0.971 bits per heavy atom. The van der Waals surface area contributed by atoms with Crippen molar-refractivity contribution in [2.24, 2.45) is 0 Å². The molecule has 2 aromatic rings. The van der Waals surface area contributed by atoms with Crippen LogP contribution in [0.1, 0.15) is 72.1 Å². The number of rotatable bonds is 5. The molecule has 1 unspecified atom stereocenters. The van der Waals surface area contributed by atoms with Crippen molar-refractivity contribution in [3.8, 4) is 0 Å². The lowest BCUT2D eigenvalue weighted by Crippen LogP contribution is -2.46. The molecule has 1 aliphatic heterocycles. The number of amides is 2. The van der Waals surface area contributed by atoms with Gasteiger partial charge in [-0.25, -0.2) is 0 Å². The quantitative estimate of drug-likeness (QED) is 0.715. The Morgan fingerprint density at radius 3 is 2.54 bits per heavy atom. The smallest absolute Gasteiger partial charge is 0.261 e. The van der Waals surface area contributed by atoms with Gasteiger partial charge in [0.1, 0.15) is 12.1 Å². The van der Waals surface area contributed by atoms with E-state index in [4.69, 9.17) is 4.74 Å².